The zero-order valence-corrected chi connectivity index (χ0v) is 20.9. The van der Waals surface area contributed by atoms with Crippen molar-refractivity contribution >= 4 is 17.8 Å². The number of rotatable bonds is 13. The molecule has 7 nitrogen and oxygen atoms in total. The van der Waals surface area contributed by atoms with Crippen LogP contribution in [-0.2, 0) is 33.4 Å². The van der Waals surface area contributed by atoms with Crippen LogP contribution in [0.5, 0.6) is 0 Å². The number of hydrogen-bond donors (Lipinski definition) is 4. The largest absolute Gasteiger partial charge is 0.480 e. The average molecular weight is 522 g/mol. The summed E-state index contributed by atoms with van der Waals surface area (Å²) < 4.78 is 38.4. The molecule has 10 heteroatoms. The van der Waals surface area contributed by atoms with E-state index >= 15 is 0 Å². The molecule has 0 aromatic heterocycles. The van der Waals surface area contributed by atoms with E-state index in [0.717, 1.165) is 17.7 Å². The Morgan fingerprint density at radius 1 is 0.838 bits per heavy atom. The predicted octanol–water partition coefficient (Wildman–Crippen LogP) is 3.70. The van der Waals surface area contributed by atoms with Crippen LogP contribution in [0, 0.1) is 5.92 Å². The van der Waals surface area contributed by atoms with Crippen molar-refractivity contribution in [2.45, 2.75) is 70.3 Å². The van der Waals surface area contributed by atoms with E-state index in [4.69, 9.17) is 5.73 Å². The molecule has 202 valence electrons. The van der Waals surface area contributed by atoms with E-state index in [1.807, 2.05) is 44.2 Å². The molecule has 0 aliphatic carbocycles. The number of carboxylic acids is 1. The smallest absolute Gasteiger partial charge is 0.416 e. The van der Waals surface area contributed by atoms with Crippen molar-refractivity contribution in [2.75, 3.05) is 0 Å². The first-order chi connectivity index (χ1) is 17.4. The molecule has 37 heavy (non-hydrogen) atoms. The molecule has 0 bridgehead atoms. The highest BCUT2D eigenvalue weighted by Crippen LogP contribution is 2.29. The molecule has 2 aromatic rings. The molecule has 0 heterocycles. The summed E-state index contributed by atoms with van der Waals surface area (Å²) >= 11 is 0. The third kappa shape index (κ3) is 10.2. The molecule has 0 fully saturated rings. The van der Waals surface area contributed by atoms with Gasteiger partial charge in [0.15, 0.2) is 0 Å². The van der Waals surface area contributed by atoms with Gasteiger partial charge >= 0.3 is 12.1 Å². The van der Waals surface area contributed by atoms with Gasteiger partial charge < -0.3 is 21.5 Å². The van der Waals surface area contributed by atoms with Crippen LogP contribution in [0.4, 0.5) is 13.2 Å². The predicted molar refractivity (Wildman–Crippen MR) is 133 cm³/mol. The fourth-order valence-corrected chi connectivity index (χ4v) is 3.68. The number of benzene rings is 2. The van der Waals surface area contributed by atoms with Gasteiger partial charge in [-0.3, -0.25) is 9.59 Å². The maximum absolute atomic E-state index is 13.0. The lowest BCUT2D eigenvalue weighted by molar-refractivity contribution is -0.142. The van der Waals surface area contributed by atoms with Crippen LogP contribution in [0.15, 0.2) is 54.6 Å². The molecule has 0 saturated heterocycles. The second-order valence-corrected chi connectivity index (χ2v) is 9.46. The van der Waals surface area contributed by atoms with Crippen molar-refractivity contribution in [3.63, 3.8) is 0 Å². The molecule has 2 rings (SSSR count). The number of nitrogens with one attached hydrogen (secondary N) is 2. The van der Waals surface area contributed by atoms with Gasteiger partial charge in [0.05, 0.1) is 11.6 Å². The van der Waals surface area contributed by atoms with Crippen LogP contribution in [0.25, 0.3) is 0 Å². The number of carbonyl (C=O) groups excluding carboxylic acids is 2. The third-order valence-corrected chi connectivity index (χ3v) is 5.92. The van der Waals surface area contributed by atoms with Crippen LogP contribution in [0.3, 0.4) is 0 Å². The van der Waals surface area contributed by atoms with Gasteiger partial charge in [0, 0.05) is 6.42 Å². The molecule has 5 N–H and O–H groups in total. The van der Waals surface area contributed by atoms with E-state index in [9.17, 15) is 32.7 Å². The number of carbonyl (C=O) groups is 3. The minimum Gasteiger partial charge on any atom is -0.480 e. The molecule has 0 radical (unpaired) electrons. The normalized spacial score (nSPS) is 14.0. The van der Waals surface area contributed by atoms with Crippen LogP contribution >= 0.6 is 0 Å². The minimum atomic E-state index is -4.51. The minimum absolute atomic E-state index is 0.222. The molecule has 0 aliphatic heterocycles. The average Bonchev–Trinajstić information content (AvgIpc) is 2.84. The Kier molecular flexibility index (Phi) is 11.1. The Hall–Kier alpha value is -3.40. The van der Waals surface area contributed by atoms with Gasteiger partial charge in [0.25, 0.3) is 0 Å². The summed E-state index contributed by atoms with van der Waals surface area (Å²) in [4.78, 5) is 37.5. The number of aliphatic carboxylic acids is 1. The topological polar surface area (TPSA) is 122 Å². The monoisotopic (exact) mass is 521 g/mol. The molecule has 0 unspecified atom stereocenters. The maximum atomic E-state index is 13.0. The van der Waals surface area contributed by atoms with Gasteiger partial charge in [-0.15, -0.1) is 0 Å². The van der Waals surface area contributed by atoms with Crippen LogP contribution in [-0.4, -0.2) is 41.0 Å². The van der Waals surface area contributed by atoms with E-state index < -0.39 is 47.6 Å². The first-order valence-corrected chi connectivity index (χ1v) is 12.2. The van der Waals surface area contributed by atoms with E-state index in [2.05, 4.69) is 10.6 Å². The van der Waals surface area contributed by atoms with E-state index in [1.54, 1.807) is 0 Å². The SMILES string of the molecule is CC(C)CC[C@H](NC(=O)[C@@H](N)CCc1ccccc1)C(=O)N[C@@H](Cc1ccc(C(F)(F)F)cc1)C(=O)O. The number of carboxylic acid groups (broad SMARTS) is 1. The molecule has 2 aromatic carbocycles. The van der Waals surface area contributed by atoms with Crippen molar-refractivity contribution in [1.82, 2.24) is 10.6 Å². The molecule has 0 saturated carbocycles. The standard InChI is InChI=1S/C27H34F3N3O4/c1-17(2)8-15-22(32-24(34)21(31)14-11-18-6-4-3-5-7-18)25(35)33-23(26(36)37)16-19-9-12-20(13-10-19)27(28,29)30/h3-7,9-10,12-13,17,21-23H,8,11,14-16,31H2,1-2H3,(H,32,34)(H,33,35)(H,36,37)/t21-,22-,23-/m0/s1. The third-order valence-electron chi connectivity index (χ3n) is 5.92. The molecular weight excluding hydrogens is 487 g/mol. The lowest BCUT2D eigenvalue weighted by Gasteiger charge is -2.23. The maximum Gasteiger partial charge on any atom is 0.416 e. The Morgan fingerprint density at radius 2 is 1.43 bits per heavy atom. The van der Waals surface area contributed by atoms with Crippen molar-refractivity contribution in [1.29, 1.82) is 0 Å². The zero-order valence-electron chi connectivity index (χ0n) is 20.9. The summed E-state index contributed by atoms with van der Waals surface area (Å²) in [6.45, 7) is 3.90. The quantitative estimate of drug-likeness (QED) is 0.320. The summed E-state index contributed by atoms with van der Waals surface area (Å²) in [5.74, 6) is -2.33. The summed E-state index contributed by atoms with van der Waals surface area (Å²) in [7, 11) is 0. The van der Waals surface area contributed by atoms with Crippen LogP contribution in [0.2, 0.25) is 0 Å². The molecule has 2 amide bonds. The molecule has 0 aliphatic rings. The van der Waals surface area contributed by atoms with E-state index in [-0.39, 0.29) is 18.8 Å². The fourth-order valence-electron chi connectivity index (χ4n) is 3.68. The summed E-state index contributed by atoms with van der Waals surface area (Å²) in [5.41, 5.74) is 6.52. The van der Waals surface area contributed by atoms with Gasteiger partial charge in [-0.25, -0.2) is 4.79 Å². The second-order valence-electron chi connectivity index (χ2n) is 9.46. The molecule has 0 spiro atoms. The van der Waals surface area contributed by atoms with Crippen LogP contribution in [0.1, 0.15) is 49.8 Å². The van der Waals surface area contributed by atoms with E-state index in [0.29, 0.717) is 24.8 Å². The Morgan fingerprint density at radius 3 is 1.97 bits per heavy atom. The number of amides is 2. The lowest BCUT2D eigenvalue weighted by atomic mass is 10.00. The summed E-state index contributed by atoms with van der Waals surface area (Å²) in [6.07, 6.45) is -2.93. The Labute approximate surface area is 214 Å². The zero-order chi connectivity index (χ0) is 27.6. The Bertz CT molecular complexity index is 1030. The number of halogens is 3. The lowest BCUT2D eigenvalue weighted by Crippen LogP contribution is -2.55. The van der Waals surface area contributed by atoms with Crippen molar-refractivity contribution < 1.29 is 32.7 Å². The molecular formula is C27H34F3N3O4. The van der Waals surface area contributed by atoms with Gasteiger partial charge in [-0.05, 0) is 54.9 Å². The number of aryl methyl sites for hydroxylation is 1. The van der Waals surface area contributed by atoms with Crippen molar-refractivity contribution in [2.24, 2.45) is 11.7 Å². The highest BCUT2D eigenvalue weighted by Gasteiger charge is 2.31. The van der Waals surface area contributed by atoms with E-state index in [1.165, 1.54) is 12.1 Å². The number of alkyl halides is 3. The van der Waals surface area contributed by atoms with Gasteiger partial charge in [0.2, 0.25) is 11.8 Å². The van der Waals surface area contributed by atoms with Crippen LogP contribution < -0.4 is 16.4 Å². The number of nitrogens with two attached hydrogens (primary N) is 1. The Balaban J connectivity index is 2.05. The highest BCUT2D eigenvalue weighted by molar-refractivity contribution is 5.91. The van der Waals surface area contributed by atoms with Crippen molar-refractivity contribution in [3.8, 4) is 0 Å². The van der Waals surface area contributed by atoms with Gasteiger partial charge in [-0.1, -0.05) is 56.3 Å². The van der Waals surface area contributed by atoms with Crippen molar-refractivity contribution in [3.05, 3.63) is 71.3 Å². The first-order valence-electron chi connectivity index (χ1n) is 12.2. The first kappa shape index (κ1) is 29.8. The fraction of sp³-hybridized carbons (Fsp3) is 0.444. The van der Waals surface area contributed by atoms with Gasteiger partial charge in [0.1, 0.15) is 12.1 Å². The second kappa shape index (κ2) is 13.8. The number of hydrogen-bond acceptors (Lipinski definition) is 4. The molecule has 3 atom stereocenters. The summed E-state index contributed by atoms with van der Waals surface area (Å²) in [5, 5.41) is 14.7. The summed E-state index contributed by atoms with van der Waals surface area (Å²) in [6, 6.07) is 10.3. The highest BCUT2D eigenvalue weighted by atomic mass is 19.4. The van der Waals surface area contributed by atoms with Gasteiger partial charge in [-0.2, -0.15) is 13.2 Å².